The fraction of sp³-hybridized carbons (Fsp3) is 0.786. The molecule has 122 valence electrons. The zero-order valence-electron chi connectivity index (χ0n) is 13.8. The van der Waals surface area contributed by atoms with Gasteiger partial charge in [0.2, 0.25) is 5.91 Å². The molecule has 0 heterocycles. The molecule has 0 unspecified atom stereocenters. The Morgan fingerprint density at radius 2 is 1.67 bits per heavy atom. The molecule has 0 saturated carbocycles. The van der Waals surface area contributed by atoms with Crippen LogP contribution in [0.4, 0.5) is 4.79 Å². The first-order chi connectivity index (χ1) is 9.57. The summed E-state index contributed by atoms with van der Waals surface area (Å²) in [7, 11) is 0. The smallest absolute Gasteiger partial charge is 0.329 e. The number of amides is 3. The highest BCUT2D eigenvalue weighted by Gasteiger charge is 2.38. The second kappa shape index (κ2) is 7.85. The Morgan fingerprint density at radius 3 is 2.00 bits per heavy atom. The maximum absolute atomic E-state index is 12.5. The standard InChI is InChI=1S/C14H27N3O4/c1-7-16(9-11(18)15-10(3)4)13(21)17(8-2)14(5,6)12(19)20/h10H,7-9H2,1-6H3,(H,15,18)(H,19,20). The quantitative estimate of drug-likeness (QED) is 0.738. The largest absolute Gasteiger partial charge is 0.480 e. The SMILES string of the molecule is CCN(CC(=O)NC(C)C)C(=O)N(CC)C(C)(C)C(=O)O. The molecular formula is C14H27N3O4. The Balaban J connectivity index is 5.06. The lowest BCUT2D eigenvalue weighted by Crippen LogP contribution is -2.58. The zero-order valence-corrected chi connectivity index (χ0v) is 13.8. The van der Waals surface area contributed by atoms with E-state index in [0.717, 1.165) is 0 Å². The molecule has 2 N–H and O–H groups in total. The van der Waals surface area contributed by atoms with Gasteiger partial charge in [0, 0.05) is 19.1 Å². The zero-order chi connectivity index (χ0) is 16.8. The number of nitrogens with zero attached hydrogens (tertiary/aromatic N) is 2. The summed E-state index contributed by atoms with van der Waals surface area (Å²) in [5.74, 6) is -1.34. The van der Waals surface area contributed by atoms with Crippen LogP contribution in [-0.2, 0) is 9.59 Å². The lowest BCUT2D eigenvalue weighted by molar-refractivity contribution is -0.147. The van der Waals surface area contributed by atoms with Crippen molar-refractivity contribution in [1.82, 2.24) is 15.1 Å². The summed E-state index contributed by atoms with van der Waals surface area (Å²) in [6, 6.07) is -0.463. The Bertz CT molecular complexity index is 394. The third-order valence-corrected chi connectivity index (χ3v) is 3.18. The van der Waals surface area contributed by atoms with Gasteiger partial charge >= 0.3 is 12.0 Å². The minimum Gasteiger partial charge on any atom is -0.480 e. The van der Waals surface area contributed by atoms with Crippen molar-refractivity contribution in [2.45, 2.75) is 53.1 Å². The topological polar surface area (TPSA) is 90.0 Å². The van der Waals surface area contributed by atoms with E-state index in [1.165, 1.54) is 23.6 Å². The lowest BCUT2D eigenvalue weighted by atomic mass is 10.0. The lowest BCUT2D eigenvalue weighted by Gasteiger charge is -2.37. The van der Waals surface area contributed by atoms with Crippen molar-refractivity contribution in [2.75, 3.05) is 19.6 Å². The first-order valence-electron chi connectivity index (χ1n) is 7.17. The number of carboxylic acids is 1. The Labute approximate surface area is 126 Å². The van der Waals surface area contributed by atoms with Crippen LogP contribution in [0, 0.1) is 0 Å². The van der Waals surface area contributed by atoms with E-state index < -0.39 is 17.5 Å². The number of aliphatic carboxylic acids is 1. The summed E-state index contributed by atoms with van der Waals surface area (Å²) in [4.78, 5) is 38.2. The number of hydrogen-bond acceptors (Lipinski definition) is 3. The van der Waals surface area contributed by atoms with E-state index in [2.05, 4.69) is 5.32 Å². The molecule has 3 amide bonds. The minimum absolute atomic E-state index is 0.0101. The number of rotatable bonds is 7. The van der Waals surface area contributed by atoms with Crippen molar-refractivity contribution in [3.05, 3.63) is 0 Å². The van der Waals surface area contributed by atoms with Crippen LogP contribution in [0.1, 0.15) is 41.5 Å². The van der Waals surface area contributed by atoms with Gasteiger partial charge in [-0.05, 0) is 41.5 Å². The number of carbonyl (C=O) groups is 3. The molecule has 0 radical (unpaired) electrons. The molecule has 0 rings (SSSR count). The molecule has 7 heteroatoms. The van der Waals surface area contributed by atoms with Crippen molar-refractivity contribution in [3.8, 4) is 0 Å². The molecule has 21 heavy (non-hydrogen) atoms. The third kappa shape index (κ3) is 5.24. The van der Waals surface area contributed by atoms with E-state index in [9.17, 15) is 19.5 Å². The molecular weight excluding hydrogens is 274 g/mol. The third-order valence-electron chi connectivity index (χ3n) is 3.18. The predicted octanol–water partition coefficient (Wildman–Crippen LogP) is 1.14. The van der Waals surface area contributed by atoms with E-state index >= 15 is 0 Å². The maximum Gasteiger partial charge on any atom is 0.329 e. The van der Waals surface area contributed by atoms with E-state index in [-0.39, 0.29) is 25.0 Å². The van der Waals surface area contributed by atoms with Gasteiger partial charge in [-0.25, -0.2) is 9.59 Å². The number of urea groups is 1. The van der Waals surface area contributed by atoms with Crippen molar-refractivity contribution in [1.29, 1.82) is 0 Å². The number of nitrogens with one attached hydrogen (secondary N) is 1. The molecule has 0 fully saturated rings. The number of likely N-dealkylation sites (N-methyl/N-ethyl adjacent to an activating group) is 2. The van der Waals surface area contributed by atoms with Crippen LogP contribution < -0.4 is 5.32 Å². The van der Waals surface area contributed by atoms with Gasteiger partial charge in [0.05, 0.1) is 0 Å². The van der Waals surface area contributed by atoms with Crippen LogP contribution in [0.3, 0.4) is 0 Å². The van der Waals surface area contributed by atoms with Crippen molar-refractivity contribution >= 4 is 17.9 Å². The van der Waals surface area contributed by atoms with E-state index in [0.29, 0.717) is 6.54 Å². The fourth-order valence-electron chi connectivity index (χ4n) is 1.91. The summed E-state index contributed by atoms with van der Waals surface area (Å²) in [5.41, 5.74) is -1.33. The second-order valence-electron chi connectivity index (χ2n) is 5.63. The van der Waals surface area contributed by atoms with Gasteiger partial charge in [-0.3, -0.25) is 4.79 Å². The van der Waals surface area contributed by atoms with Crippen LogP contribution in [-0.4, -0.2) is 64.0 Å². The molecule has 0 aliphatic carbocycles. The van der Waals surface area contributed by atoms with Crippen molar-refractivity contribution in [2.24, 2.45) is 0 Å². The summed E-state index contributed by atoms with van der Waals surface area (Å²) >= 11 is 0. The summed E-state index contributed by atoms with van der Waals surface area (Å²) in [5, 5.41) is 12.0. The molecule has 0 saturated heterocycles. The van der Waals surface area contributed by atoms with Gasteiger partial charge in [-0.1, -0.05) is 0 Å². The molecule has 0 aliphatic rings. The van der Waals surface area contributed by atoms with Gasteiger partial charge in [0.15, 0.2) is 0 Å². The van der Waals surface area contributed by atoms with Gasteiger partial charge in [0.25, 0.3) is 0 Å². The van der Waals surface area contributed by atoms with Gasteiger partial charge in [0.1, 0.15) is 12.1 Å². The fourth-order valence-corrected chi connectivity index (χ4v) is 1.91. The molecule has 0 aromatic rings. The number of carboxylic acid groups (broad SMARTS) is 1. The Morgan fingerprint density at radius 1 is 1.14 bits per heavy atom. The maximum atomic E-state index is 12.5. The first kappa shape index (κ1) is 19.2. The average molecular weight is 301 g/mol. The molecule has 0 atom stereocenters. The highest BCUT2D eigenvalue weighted by molar-refractivity contribution is 5.88. The van der Waals surface area contributed by atoms with Crippen molar-refractivity contribution in [3.63, 3.8) is 0 Å². The Kier molecular flexibility index (Phi) is 7.18. The predicted molar refractivity (Wildman–Crippen MR) is 80.0 cm³/mol. The normalized spacial score (nSPS) is 11.2. The van der Waals surface area contributed by atoms with Crippen LogP contribution in [0.2, 0.25) is 0 Å². The van der Waals surface area contributed by atoms with Crippen LogP contribution in [0.15, 0.2) is 0 Å². The van der Waals surface area contributed by atoms with E-state index in [1.807, 2.05) is 13.8 Å². The van der Waals surface area contributed by atoms with Crippen molar-refractivity contribution < 1.29 is 19.5 Å². The summed E-state index contributed by atoms with van der Waals surface area (Å²) < 4.78 is 0. The average Bonchev–Trinajstić information content (AvgIpc) is 2.35. The van der Waals surface area contributed by atoms with E-state index in [1.54, 1.807) is 13.8 Å². The Hall–Kier alpha value is -1.79. The number of hydrogen-bond donors (Lipinski definition) is 2. The highest BCUT2D eigenvalue weighted by Crippen LogP contribution is 2.17. The van der Waals surface area contributed by atoms with Crippen LogP contribution >= 0.6 is 0 Å². The number of carbonyl (C=O) groups excluding carboxylic acids is 2. The first-order valence-corrected chi connectivity index (χ1v) is 7.17. The van der Waals surface area contributed by atoms with E-state index in [4.69, 9.17) is 0 Å². The summed E-state index contributed by atoms with van der Waals surface area (Å²) in [6.07, 6.45) is 0. The van der Waals surface area contributed by atoms with Crippen LogP contribution in [0.25, 0.3) is 0 Å². The molecule has 0 aliphatic heterocycles. The highest BCUT2D eigenvalue weighted by atomic mass is 16.4. The van der Waals surface area contributed by atoms with Crippen LogP contribution in [0.5, 0.6) is 0 Å². The summed E-state index contributed by atoms with van der Waals surface area (Å²) in [6.45, 7) is 10.6. The van der Waals surface area contributed by atoms with Gasteiger partial charge < -0.3 is 20.2 Å². The second-order valence-corrected chi connectivity index (χ2v) is 5.63. The molecule has 0 bridgehead atoms. The molecule has 0 aromatic heterocycles. The van der Waals surface area contributed by atoms with Gasteiger partial charge in [-0.2, -0.15) is 0 Å². The van der Waals surface area contributed by atoms with Gasteiger partial charge in [-0.15, -0.1) is 0 Å². The molecule has 7 nitrogen and oxygen atoms in total. The minimum atomic E-state index is -1.33. The molecule has 0 aromatic carbocycles. The molecule has 0 spiro atoms. The monoisotopic (exact) mass is 301 g/mol.